The lowest BCUT2D eigenvalue weighted by Gasteiger charge is -2.22. The number of nitrogens with zero attached hydrogens (tertiary/aromatic N) is 3. The molecule has 2 amide bonds. The molecule has 0 saturated heterocycles. The fourth-order valence-corrected chi connectivity index (χ4v) is 2.87. The smallest absolute Gasteiger partial charge is 0.319 e. The van der Waals surface area contributed by atoms with Crippen molar-refractivity contribution >= 4 is 21.7 Å². The monoisotopic (exact) mass is 366 g/mol. The maximum absolute atomic E-state index is 12.4. The van der Waals surface area contributed by atoms with Crippen molar-refractivity contribution in [1.82, 2.24) is 20.1 Å². The predicted octanol–water partition coefficient (Wildman–Crippen LogP) is 1.29. The Morgan fingerprint density at radius 1 is 1.32 bits per heavy atom. The minimum Gasteiger partial charge on any atom is -0.328 e. The first-order valence-corrected chi connectivity index (χ1v) is 9.19. The van der Waals surface area contributed by atoms with Crippen molar-refractivity contribution in [2.24, 2.45) is 18.1 Å². The van der Waals surface area contributed by atoms with Gasteiger partial charge in [-0.1, -0.05) is 19.9 Å². The molecule has 0 bridgehead atoms. The van der Waals surface area contributed by atoms with E-state index in [0.29, 0.717) is 17.1 Å². The zero-order valence-electron chi connectivity index (χ0n) is 14.5. The number of benzene rings is 1. The lowest BCUT2D eigenvalue weighted by molar-refractivity contribution is 0.243. The first kappa shape index (κ1) is 18.9. The van der Waals surface area contributed by atoms with Crippen molar-refractivity contribution in [1.29, 1.82) is 0 Å². The minimum atomic E-state index is -3.85. The van der Waals surface area contributed by atoms with Crippen molar-refractivity contribution in [3.63, 3.8) is 0 Å². The molecule has 1 unspecified atom stereocenters. The molecule has 0 saturated carbocycles. The van der Waals surface area contributed by atoms with Gasteiger partial charge < -0.3 is 10.6 Å². The summed E-state index contributed by atoms with van der Waals surface area (Å²) in [5.41, 5.74) is 1.08. The van der Waals surface area contributed by atoms with Crippen LogP contribution in [0.3, 0.4) is 0 Å². The van der Waals surface area contributed by atoms with Gasteiger partial charge in [-0.05, 0) is 30.5 Å². The molecule has 2 aromatic rings. The number of nitrogens with one attached hydrogen (secondary N) is 2. The highest BCUT2D eigenvalue weighted by Gasteiger charge is 2.23. The molecule has 1 aromatic heterocycles. The molecule has 2 rings (SSSR count). The quantitative estimate of drug-likeness (QED) is 0.733. The van der Waals surface area contributed by atoms with Gasteiger partial charge in [-0.2, -0.15) is 5.10 Å². The van der Waals surface area contributed by atoms with Gasteiger partial charge in [0.15, 0.2) is 0 Å². The summed E-state index contributed by atoms with van der Waals surface area (Å²) in [7, 11) is -2.10. The molecular formula is C15H22N6O3S. The number of carbonyl (C=O) groups excluding carboxylic acids is 1. The van der Waals surface area contributed by atoms with Crippen LogP contribution in [0.1, 0.15) is 31.3 Å². The molecule has 4 N–H and O–H groups in total. The fraction of sp³-hybridized carbons (Fsp3) is 0.400. The lowest BCUT2D eigenvalue weighted by atomic mass is 10.0. The molecule has 0 aliphatic carbocycles. The molecule has 1 heterocycles. The Morgan fingerprint density at radius 2 is 2.00 bits per heavy atom. The van der Waals surface area contributed by atoms with Crippen LogP contribution < -0.4 is 15.8 Å². The van der Waals surface area contributed by atoms with Gasteiger partial charge in [0, 0.05) is 12.7 Å². The molecule has 136 valence electrons. The van der Waals surface area contributed by atoms with E-state index in [-0.39, 0.29) is 16.9 Å². The summed E-state index contributed by atoms with van der Waals surface area (Å²) in [6, 6.07) is 3.48. The van der Waals surface area contributed by atoms with Gasteiger partial charge >= 0.3 is 6.03 Å². The van der Waals surface area contributed by atoms with Crippen LogP contribution in [-0.4, -0.2) is 29.2 Å². The first-order chi connectivity index (χ1) is 11.6. The number of primary sulfonamides is 1. The Bertz CT molecular complexity index is 875. The zero-order valence-corrected chi connectivity index (χ0v) is 15.3. The van der Waals surface area contributed by atoms with Crippen LogP contribution in [0.5, 0.6) is 0 Å². The lowest BCUT2D eigenvalue weighted by Crippen LogP contribution is -2.36. The van der Waals surface area contributed by atoms with E-state index in [9.17, 15) is 13.2 Å². The van der Waals surface area contributed by atoms with Crippen LogP contribution in [0, 0.1) is 12.8 Å². The third kappa shape index (κ3) is 4.54. The highest BCUT2D eigenvalue weighted by Crippen LogP contribution is 2.21. The fourth-order valence-electron chi connectivity index (χ4n) is 2.33. The van der Waals surface area contributed by atoms with Gasteiger partial charge in [-0.25, -0.2) is 23.3 Å². The normalized spacial score (nSPS) is 12.9. The molecule has 0 aliphatic heterocycles. The molecule has 0 spiro atoms. The largest absolute Gasteiger partial charge is 0.328 e. The van der Waals surface area contributed by atoms with E-state index in [0.717, 1.165) is 0 Å². The molecule has 0 fully saturated rings. The van der Waals surface area contributed by atoms with Crippen molar-refractivity contribution in [2.45, 2.75) is 31.7 Å². The summed E-state index contributed by atoms with van der Waals surface area (Å²) in [5, 5.41) is 14.7. The number of aromatic nitrogens is 3. The van der Waals surface area contributed by atoms with Crippen LogP contribution in [0.25, 0.3) is 0 Å². The first-order valence-electron chi connectivity index (χ1n) is 7.64. The van der Waals surface area contributed by atoms with E-state index >= 15 is 0 Å². The summed E-state index contributed by atoms with van der Waals surface area (Å²) < 4.78 is 24.5. The molecule has 25 heavy (non-hydrogen) atoms. The predicted molar refractivity (Wildman–Crippen MR) is 93.3 cm³/mol. The van der Waals surface area contributed by atoms with Crippen molar-refractivity contribution < 1.29 is 13.2 Å². The highest BCUT2D eigenvalue weighted by molar-refractivity contribution is 7.89. The summed E-state index contributed by atoms with van der Waals surface area (Å²) in [6.45, 7) is 5.66. The average molecular weight is 366 g/mol. The minimum absolute atomic E-state index is 0.0675. The van der Waals surface area contributed by atoms with E-state index in [2.05, 4.69) is 20.7 Å². The topological polar surface area (TPSA) is 132 Å². The Hall–Kier alpha value is -2.46. The van der Waals surface area contributed by atoms with Gasteiger partial charge in [0.2, 0.25) is 10.0 Å². The van der Waals surface area contributed by atoms with Crippen LogP contribution >= 0.6 is 0 Å². The van der Waals surface area contributed by atoms with Gasteiger partial charge in [0.1, 0.15) is 12.2 Å². The number of urea groups is 1. The van der Waals surface area contributed by atoms with E-state index in [4.69, 9.17) is 5.14 Å². The number of amides is 2. The van der Waals surface area contributed by atoms with Crippen LogP contribution in [0.4, 0.5) is 10.5 Å². The third-order valence-corrected chi connectivity index (χ3v) is 4.67. The van der Waals surface area contributed by atoms with Crippen molar-refractivity contribution in [3.8, 4) is 0 Å². The number of aryl methyl sites for hydroxylation is 2. The number of sulfonamides is 1. The number of anilines is 1. The Balaban J connectivity index is 2.20. The van der Waals surface area contributed by atoms with Crippen LogP contribution in [0.2, 0.25) is 0 Å². The molecular weight excluding hydrogens is 344 g/mol. The second kappa shape index (κ2) is 7.19. The van der Waals surface area contributed by atoms with Crippen LogP contribution in [-0.2, 0) is 17.1 Å². The Kier molecular flexibility index (Phi) is 5.43. The van der Waals surface area contributed by atoms with E-state index in [1.54, 1.807) is 24.7 Å². The summed E-state index contributed by atoms with van der Waals surface area (Å²) in [4.78, 5) is 16.5. The molecule has 9 nitrogen and oxygen atoms in total. The standard InChI is InChI=1S/C15H22N6O3S/c1-9(2)13(14-17-8-18-21(14)4)20-15(22)19-12-7-11(25(16,23)24)6-5-10(12)3/h5-9,13H,1-4H3,(H2,16,23,24)(H2,19,20,22). The Morgan fingerprint density at radius 3 is 2.52 bits per heavy atom. The van der Waals surface area contributed by atoms with E-state index < -0.39 is 16.1 Å². The summed E-state index contributed by atoms with van der Waals surface area (Å²) in [6.07, 6.45) is 1.42. The second-order valence-corrected chi connectivity index (χ2v) is 7.65. The number of carbonyl (C=O) groups is 1. The summed E-state index contributed by atoms with van der Waals surface area (Å²) >= 11 is 0. The van der Waals surface area contributed by atoms with Gasteiger partial charge in [0.05, 0.1) is 10.9 Å². The van der Waals surface area contributed by atoms with Crippen molar-refractivity contribution in [3.05, 3.63) is 35.9 Å². The SMILES string of the molecule is Cc1ccc(S(N)(=O)=O)cc1NC(=O)NC(c1ncnn1C)C(C)C. The number of hydrogen-bond donors (Lipinski definition) is 3. The zero-order chi connectivity index (χ0) is 18.8. The molecule has 0 aliphatic rings. The van der Waals surface area contributed by atoms with Gasteiger partial charge in [-0.15, -0.1) is 0 Å². The maximum Gasteiger partial charge on any atom is 0.319 e. The van der Waals surface area contributed by atoms with Crippen molar-refractivity contribution in [2.75, 3.05) is 5.32 Å². The molecule has 1 atom stereocenters. The number of nitrogens with two attached hydrogens (primary N) is 1. The van der Waals surface area contributed by atoms with E-state index in [1.165, 1.54) is 18.5 Å². The Labute approximate surface area is 146 Å². The van der Waals surface area contributed by atoms with E-state index in [1.807, 2.05) is 13.8 Å². The molecule has 10 heteroatoms. The average Bonchev–Trinajstić information content (AvgIpc) is 2.91. The maximum atomic E-state index is 12.4. The van der Waals surface area contributed by atoms with Crippen LogP contribution in [0.15, 0.2) is 29.4 Å². The second-order valence-electron chi connectivity index (χ2n) is 6.08. The number of hydrogen-bond acceptors (Lipinski definition) is 5. The molecule has 1 aromatic carbocycles. The number of rotatable bonds is 5. The third-order valence-electron chi connectivity index (χ3n) is 3.76. The molecule has 0 radical (unpaired) electrons. The summed E-state index contributed by atoms with van der Waals surface area (Å²) in [5.74, 6) is 0.700. The van der Waals surface area contributed by atoms with Gasteiger partial charge in [-0.3, -0.25) is 4.68 Å². The van der Waals surface area contributed by atoms with Gasteiger partial charge in [0.25, 0.3) is 0 Å². The highest BCUT2D eigenvalue weighted by atomic mass is 32.2.